The van der Waals surface area contributed by atoms with Crippen molar-refractivity contribution >= 4 is 5.91 Å². The molecule has 0 aliphatic heterocycles. The van der Waals surface area contributed by atoms with Crippen molar-refractivity contribution in [2.75, 3.05) is 13.1 Å². The van der Waals surface area contributed by atoms with Gasteiger partial charge in [0.25, 0.3) is 0 Å². The summed E-state index contributed by atoms with van der Waals surface area (Å²) in [6, 6.07) is 0. The largest absolute Gasteiger partial charge is 0.460 e. The highest BCUT2D eigenvalue weighted by molar-refractivity contribution is 5.92. The van der Waals surface area contributed by atoms with Gasteiger partial charge in [-0.25, -0.2) is 0 Å². The zero-order valence-corrected chi connectivity index (χ0v) is 14.9. The lowest BCUT2D eigenvalue weighted by atomic mass is 9.98. The highest BCUT2D eigenvalue weighted by Gasteiger charge is 2.81. The van der Waals surface area contributed by atoms with Crippen molar-refractivity contribution < 1.29 is 44.3 Å². The number of halogens is 9. The Labute approximate surface area is 151 Å². The third kappa shape index (κ3) is 6.03. The Bertz CT molecular complexity index is 515. The highest BCUT2D eigenvalue weighted by Crippen LogP contribution is 2.54. The molecule has 0 N–H and O–H groups in total. The first kappa shape index (κ1) is 25.6. The minimum atomic E-state index is -6.84. The molecule has 0 aliphatic rings. The standard InChI is InChI=1S/C16H22F9NO/c1-4-26(12(27)11(2)3)10-8-6-5-7-9-13(17,18)14(19,20)15(21,22)16(23,24)25/h2,4-10H2,1,3H3. The number of alkyl halides is 9. The monoisotopic (exact) mass is 415 g/mol. The van der Waals surface area contributed by atoms with E-state index in [1.807, 2.05) is 0 Å². The SMILES string of the molecule is C=C(C)C(=O)N(CC)CCCCCCC(F)(F)C(F)(F)C(F)(F)C(F)(F)F. The molecular formula is C16H22F9NO. The predicted molar refractivity (Wildman–Crippen MR) is 81.0 cm³/mol. The van der Waals surface area contributed by atoms with Gasteiger partial charge in [-0.05, 0) is 26.7 Å². The minimum absolute atomic E-state index is 0.0952. The number of amides is 1. The molecule has 0 heterocycles. The number of likely N-dealkylation sites (N-methyl/N-ethyl adjacent to an activating group) is 1. The molecule has 0 rings (SSSR count). The Balaban J connectivity index is 4.56. The van der Waals surface area contributed by atoms with Crippen LogP contribution in [0.15, 0.2) is 12.2 Å². The number of nitrogens with zero attached hydrogens (tertiary/aromatic N) is 1. The fourth-order valence-corrected chi connectivity index (χ4v) is 2.24. The average molecular weight is 415 g/mol. The van der Waals surface area contributed by atoms with Gasteiger partial charge in [-0.1, -0.05) is 19.4 Å². The van der Waals surface area contributed by atoms with Gasteiger partial charge in [-0.15, -0.1) is 0 Å². The fraction of sp³-hybridized carbons (Fsp3) is 0.812. The number of rotatable bonds is 11. The molecule has 27 heavy (non-hydrogen) atoms. The molecular weight excluding hydrogens is 393 g/mol. The lowest BCUT2D eigenvalue weighted by molar-refractivity contribution is -0.396. The van der Waals surface area contributed by atoms with Crippen LogP contribution in [0.5, 0.6) is 0 Å². The second kappa shape index (κ2) is 9.18. The topological polar surface area (TPSA) is 20.3 Å². The summed E-state index contributed by atoms with van der Waals surface area (Å²) in [5.41, 5.74) is 0.296. The van der Waals surface area contributed by atoms with E-state index in [0.29, 0.717) is 18.5 Å². The van der Waals surface area contributed by atoms with Crippen LogP contribution < -0.4 is 0 Å². The van der Waals surface area contributed by atoms with E-state index in [1.54, 1.807) is 6.92 Å². The molecule has 0 unspecified atom stereocenters. The quantitative estimate of drug-likeness (QED) is 0.236. The summed E-state index contributed by atoms with van der Waals surface area (Å²) in [6.45, 7) is 7.30. The number of carbonyl (C=O) groups is 1. The lowest BCUT2D eigenvalue weighted by Gasteiger charge is -2.33. The molecule has 0 saturated heterocycles. The molecule has 0 aromatic rings. The highest BCUT2D eigenvalue weighted by atomic mass is 19.4. The van der Waals surface area contributed by atoms with Crippen molar-refractivity contribution in [1.82, 2.24) is 4.90 Å². The van der Waals surface area contributed by atoms with Crippen molar-refractivity contribution in [1.29, 1.82) is 0 Å². The Kier molecular flexibility index (Phi) is 8.70. The molecule has 160 valence electrons. The number of unbranched alkanes of at least 4 members (excludes halogenated alkanes) is 3. The molecule has 0 radical (unpaired) electrons. The summed E-state index contributed by atoms with van der Waals surface area (Å²) < 4.78 is 114. The molecule has 2 nitrogen and oxygen atoms in total. The molecule has 0 saturated carbocycles. The van der Waals surface area contributed by atoms with Gasteiger partial charge < -0.3 is 4.90 Å². The molecule has 0 spiro atoms. The third-order valence-corrected chi connectivity index (χ3v) is 3.91. The van der Waals surface area contributed by atoms with Crippen LogP contribution >= 0.6 is 0 Å². The number of hydrogen-bond acceptors (Lipinski definition) is 1. The van der Waals surface area contributed by atoms with Gasteiger partial charge >= 0.3 is 23.9 Å². The van der Waals surface area contributed by atoms with Crippen molar-refractivity contribution in [3.05, 3.63) is 12.2 Å². The zero-order valence-electron chi connectivity index (χ0n) is 14.9. The summed E-state index contributed by atoms with van der Waals surface area (Å²) in [5.74, 6) is -19.2. The second-order valence-corrected chi connectivity index (χ2v) is 6.18. The first-order chi connectivity index (χ1) is 12.0. The maximum atomic E-state index is 13.3. The van der Waals surface area contributed by atoms with Gasteiger partial charge in [0, 0.05) is 25.1 Å². The van der Waals surface area contributed by atoms with Crippen LogP contribution in [-0.2, 0) is 4.79 Å². The Hall–Kier alpha value is -1.42. The Morgan fingerprint density at radius 2 is 1.33 bits per heavy atom. The summed E-state index contributed by atoms with van der Waals surface area (Å²) >= 11 is 0. The average Bonchev–Trinajstić information content (AvgIpc) is 2.52. The molecule has 0 fully saturated rings. The molecule has 11 heteroatoms. The van der Waals surface area contributed by atoms with E-state index >= 15 is 0 Å². The van der Waals surface area contributed by atoms with E-state index in [2.05, 4.69) is 6.58 Å². The van der Waals surface area contributed by atoms with Crippen molar-refractivity contribution in [2.45, 2.75) is 69.9 Å². The molecule has 0 aromatic carbocycles. The minimum Gasteiger partial charge on any atom is -0.339 e. The van der Waals surface area contributed by atoms with E-state index in [0.717, 1.165) is 0 Å². The molecule has 0 aromatic heterocycles. The number of carbonyl (C=O) groups excluding carboxylic acids is 1. The van der Waals surface area contributed by atoms with Crippen LogP contribution in [0, 0.1) is 0 Å². The van der Waals surface area contributed by atoms with Crippen molar-refractivity contribution in [2.24, 2.45) is 0 Å². The normalized spacial score (nSPS) is 13.6. The molecule has 0 aliphatic carbocycles. The van der Waals surface area contributed by atoms with Crippen molar-refractivity contribution in [3.8, 4) is 0 Å². The van der Waals surface area contributed by atoms with Gasteiger partial charge in [0.15, 0.2) is 0 Å². The van der Waals surface area contributed by atoms with Gasteiger partial charge in [0.2, 0.25) is 5.91 Å². The van der Waals surface area contributed by atoms with Crippen LogP contribution in [0.4, 0.5) is 39.5 Å². The van der Waals surface area contributed by atoms with Crippen molar-refractivity contribution in [3.63, 3.8) is 0 Å². The lowest BCUT2D eigenvalue weighted by Crippen LogP contribution is -2.60. The Morgan fingerprint density at radius 1 is 0.852 bits per heavy atom. The van der Waals surface area contributed by atoms with Gasteiger partial charge in [0.05, 0.1) is 0 Å². The van der Waals surface area contributed by atoms with E-state index in [1.165, 1.54) is 11.8 Å². The molecule has 1 amide bonds. The molecule has 0 atom stereocenters. The first-order valence-electron chi connectivity index (χ1n) is 8.18. The summed E-state index contributed by atoms with van der Waals surface area (Å²) in [4.78, 5) is 13.1. The molecule has 0 bridgehead atoms. The van der Waals surface area contributed by atoms with Gasteiger partial charge in [0.1, 0.15) is 0 Å². The summed E-state index contributed by atoms with van der Waals surface area (Å²) in [7, 11) is 0. The zero-order chi connectivity index (χ0) is 21.7. The van der Waals surface area contributed by atoms with Crippen LogP contribution in [0.25, 0.3) is 0 Å². The van der Waals surface area contributed by atoms with Crippen LogP contribution in [0.3, 0.4) is 0 Å². The van der Waals surface area contributed by atoms with E-state index < -0.39 is 36.8 Å². The maximum Gasteiger partial charge on any atom is 0.460 e. The van der Waals surface area contributed by atoms with E-state index in [4.69, 9.17) is 0 Å². The van der Waals surface area contributed by atoms with E-state index in [9.17, 15) is 44.3 Å². The summed E-state index contributed by atoms with van der Waals surface area (Å²) in [6.07, 6.45) is -8.84. The number of hydrogen-bond donors (Lipinski definition) is 0. The second-order valence-electron chi connectivity index (χ2n) is 6.18. The third-order valence-electron chi connectivity index (χ3n) is 3.91. The Morgan fingerprint density at radius 3 is 1.74 bits per heavy atom. The van der Waals surface area contributed by atoms with Crippen LogP contribution in [-0.4, -0.2) is 47.8 Å². The maximum absolute atomic E-state index is 13.3. The first-order valence-corrected chi connectivity index (χ1v) is 8.18. The van der Waals surface area contributed by atoms with Gasteiger partial charge in [-0.2, -0.15) is 39.5 Å². The fourth-order valence-electron chi connectivity index (χ4n) is 2.24. The van der Waals surface area contributed by atoms with Crippen LogP contribution in [0.1, 0.15) is 46.0 Å². The van der Waals surface area contributed by atoms with Gasteiger partial charge in [-0.3, -0.25) is 4.79 Å². The predicted octanol–water partition coefficient (Wildman–Crippen LogP) is 5.83. The summed E-state index contributed by atoms with van der Waals surface area (Å²) in [5, 5.41) is 0. The van der Waals surface area contributed by atoms with E-state index in [-0.39, 0.29) is 25.3 Å². The van der Waals surface area contributed by atoms with Crippen LogP contribution in [0.2, 0.25) is 0 Å². The smallest absolute Gasteiger partial charge is 0.339 e.